The van der Waals surface area contributed by atoms with Crippen molar-refractivity contribution < 1.29 is 9.53 Å². The zero-order chi connectivity index (χ0) is 16.1. The van der Waals surface area contributed by atoms with Gasteiger partial charge in [-0.05, 0) is 18.4 Å². The van der Waals surface area contributed by atoms with Gasteiger partial charge in [0.1, 0.15) is 0 Å². The second-order valence-electron chi connectivity index (χ2n) is 5.92. The molecule has 1 amide bonds. The molecule has 130 valence electrons. The van der Waals surface area contributed by atoms with Crippen molar-refractivity contribution in [2.24, 2.45) is 11.1 Å². The topological polar surface area (TPSA) is 82.2 Å². The number of nitrogens with zero attached hydrogens (tertiary/aromatic N) is 2. The average molecular weight is 351 g/mol. The van der Waals surface area contributed by atoms with Gasteiger partial charge in [-0.2, -0.15) is 0 Å². The maximum absolute atomic E-state index is 12.7. The van der Waals surface area contributed by atoms with E-state index in [0.717, 1.165) is 5.56 Å². The second kappa shape index (κ2) is 8.28. The highest BCUT2D eigenvalue weighted by Gasteiger charge is 2.39. The third-order valence-corrected chi connectivity index (χ3v) is 4.46. The first-order chi connectivity index (χ1) is 11.2. The van der Waals surface area contributed by atoms with Crippen LogP contribution in [0.2, 0.25) is 0 Å². The molecule has 24 heavy (non-hydrogen) atoms. The molecule has 6 nitrogen and oxygen atoms in total. The standard InChI is InChI=1S/C17H22N4O2.ClH/c18-13-17(6-10-23-11-7-17)15(22)20-16-19-8-9-21(16)12-14-4-2-1-3-5-14;/h1-5,8-9H,6-7,10-13,18H2,(H,19,20,22);1H. The van der Waals surface area contributed by atoms with E-state index in [0.29, 0.717) is 45.1 Å². The summed E-state index contributed by atoms with van der Waals surface area (Å²) in [6.07, 6.45) is 4.85. The Hall–Kier alpha value is -1.89. The Kier molecular flexibility index (Phi) is 6.36. The van der Waals surface area contributed by atoms with Gasteiger partial charge in [-0.1, -0.05) is 30.3 Å². The minimum atomic E-state index is -0.554. The molecule has 0 unspecified atom stereocenters. The van der Waals surface area contributed by atoms with Crippen molar-refractivity contribution in [1.82, 2.24) is 9.55 Å². The zero-order valence-electron chi connectivity index (χ0n) is 13.5. The number of imidazole rings is 1. The minimum Gasteiger partial charge on any atom is -0.381 e. The minimum absolute atomic E-state index is 0. The van der Waals surface area contributed by atoms with Crippen LogP contribution >= 0.6 is 12.4 Å². The van der Waals surface area contributed by atoms with E-state index >= 15 is 0 Å². The summed E-state index contributed by atoms with van der Waals surface area (Å²) < 4.78 is 7.29. The lowest BCUT2D eigenvalue weighted by Crippen LogP contribution is -2.46. The molecule has 1 aliphatic heterocycles. The smallest absolute Gasteiger partial charge is 0.234 e. The molecule has 1 saturated heterocycles. The number of nitrogens with two attached hydrogens (primary N) is 1. The van der Waals surface area contributed by atoms with Crippen LogP contribution in [-0.4, -0.2) is 35.2 Å². The van der Waals surface area contributed by atoms with E-state index in [1.54, 1.807) is 6.20 Å². The van der Waals surface area contributed by atoms with Crippen LogP contribution in [0, 0.1) is 5.41 Å². The fourth-order valence-corrected chi connectivity index (χ4v) is 2.86. The van der Waals surface area contributed by atoms with Gasteiger partial charge in [0.05, 0.1) is 12.0 Å². The SMILES string of the molecule is Cl.NCC1(C(=O)Nc2nccn2Cc2ccccc2)CCOCC1. The first-order valence-electron chi connectivity index (χ1n) is 7.88. The van der Waals surface area contributed by atoms with Crippen LogP contribution < -0.4 is 11.1 Å². The number of nitrogens with one attached hydrogen (secondary N) is 1. The van der Waals surface area contributed by atoms with Gasteiger partial charge >= 0.3 is 0 Å². The molecule has 1 aliphatic rings. The van der Waals surface area contributed by atoms with Crippen molar-refractivity contribution >= 4 is 24.3 Å². The van der Waals surface area contributed by atoms with E-state index < -0.39 is 5.41 Å². The maximum Gasteiger partial charge on any atom is 0.234 e. The van der Waals surface area contributed by atoms with Crippen LogP contribution in [0.25, 0.3) is 0 Å². The van der Waals surface area contributed by atoms with E-state index in [9.17, 15) is 4.79 Å². The molecular weight excluding hydrogens is 328 g/mol. The molecule has 3 rings (SSSR count). The van der Waals surface area contributed by atoms with Gasteiger partial charge in [-0.25, -0.2) is 4.98 Å². The summed E-state index contributed by atoms with van der Waals surface area (Å²) in [6.45, 7) is 2.13. The number of ether oxygens (including phenoxy) is 1. The van der Waals surface area contributed by atoms with Crippen molar-refractivity contribution in [3.63, 3.8) is 0 Å². The van der Waals surface area contributed by atoms with Gasteiger partial charge in [0.2, 0.25) is 11.9 Å². The summed E-state index contributed by atoms with van der Waals surface area (Å²) in [5.74, 6) is 0.488. The largest absolute Gasteiger partial charge is 0.381 e. The molecule has 1 aromatic heterocycles. The predicted molar refractivity (Wildman–Crippen MR) is 95.2 cm³/mol. The third-order valence-electron chi connectivity index (χ3n) is 4.46. The lowest BCUT2D eigenvalue weighted by molar-refractivity contribution is -0.130. The summed E-state index contributed by atoms with van der Waals surface area (Å²) >= 11 is 0. The van der Waals surface area contributed by atoms with Crippen molar-refractivity contribution in [2.75, 3.05) is 25.1 Å². The number of hydrogen-bond donors (Lipinski definition) is 2. The van der Waals surface area contributed by atoms with Crippen LogP contribution in [0.4, 0.5) is 5.95 Å². The number of aromatic nitrogens is 2. The Morgan fingerprint density at radius 3 is 2.67 bits per heavy atom. The Morgan fingerprint density at radius 1 is 1.29 bits per heavy atom. The molecule has 2 aromatic rings. The van der Waals surface area contributed by atoms with Crippen LogP contribution in [-0.2, 0) is 16.1 Å². The van der Waals surface area contributed by atoms with Crippen molar-refractivity contribution in [1.29, 1.82) is 0 Å². The number of anilines is 1. The molecule has 7 heteroatoms. The van der Waals surface area contributed by atoms with Gasteiger partial charge in [0.15, 0.2) is 0 Å². The summed E-state index contributed by atoms with van der Waals surface area (Å²) in [5.41, 5.74) is 6.49. The van der Waals surface area contributed by atoms with E-state index in [4.69, 9.17) is 10.5 Å². The number of rotatable bonds is 5. The van der Waals surface area contributed by atoms with Crippen LogP contribution in [0.1, 0.15) is 18.4 Å². The Balaban J connectivity index is 0.00000208. The number of benzene rings is 1. The molecule has 0 aliphatic carbocycles. The monoisotopic (exact) mass is 350 g/mol. The van der Waals surface area contributed by atoms with E-state index in [1.807, 2.05) is 41.1 Å². The highest BCUT2D eigenvalue weighted by Crippen LogP contribution is 2.30. The van der Waals surface area contributed by atoms with Crippen LogP contribution in [0.5, 0.6) is 0 Å². The quantitative estimate of drug-likeness (QED) is 0.864. The van der Waals surface area contributed by atoms with Gasteiger partial charge < -0.3 is 15.0 Å². The molecule has 1 aromatic carbocycles. The molecular formula is C17H23ClN4O2. The highest BCUT2D eigenvalue weighted by atomic mass is 35.5. The molecule has 0 atom stereocenters. The lowest BCUT2D eigenvalue weighted by atomic mass is 9.79. The Bertz CT molecular complexity index is 654. The Morgan fingerprint density at radius 2 is 2.00 bits per heavy atom. The molecule has 0 bridgehead atoms. The van der Waals surface area contributed by atoms with Gasteiger partial charge in [-0.15, -0.1) is 12.4 Å². The van der Waals surface area contributed by atoms with Crippen molar-refractivity contribution in [3.8, 4) is 0 Å². The van der Waals surface area contributed by atoms with Gasteiger partial charge in [0, 0.05) is 32.2 Å². The van der Waals surface area contributed by atoms with Crippen molar-refractivity contribution in [3.05, 3.63) is 48.3 Å². The molecule has 3 N–H and O–H groups in total. The lowest BCUT2D eigenvalue weighted by Gasteiger charge is -2.34. The highest BCUT2D eigenvalue weighted by molar-refractivity contribution is 5.94. The molecule has 0 saturated carbocycles. The molecule has 0 radical (unpaired) electrons. The number of amides is 1. The first-order valence-corrected chi connectivity index (χ1v) is 7.88. The summed E-state index contributed by atoms with van der Waals surface area (Å²) in [4.78, 5) is 17.0. The number of carbonyl (C=O) groups is 1. The molecule has 1 fully saturated rings. The Labute approximate surface area is 147 Å². The third kappa shape index (κ3) is 3.95. The van der Waals surface area contributed by atoms with Crippen LogP contribution in [0.15, 0.2) is 42.7 Å². The van der Waals surface area contributed by atoms with E-state index in [2.05, 4.69) is 10.3 Å². The first kappa shape index (κ1) is 18.4. The second-order valence-corrected chi connectivity index (χ2v) is 5.92. The van der Waals surface area contributed by atoms with Gasteiger partial charge in [0.25, 0.3) is 0 Å². The fourth-order valence-electron chi connectivity index (χ4n) is 2.86. The average Bonchev–Trinajstić information content (AvgIpc) is 3.03. The number of carbonyl (C=O) groups excluding carboxylic acids is 1. The summed E-state index contributed by atoms with van der Waals surface area (Å²) in [5, 5.41) is 2.95. The number of halogens is 1. The van der Waals surface area contributed by atoms with E-state index in [1.165, 1.54) is 0 Å². The van der Waals surface area contributed by atoms with Crippen LogP contribution in [0.3, 0.4) is 0 Å². The van der Waals surface area contributed by atoms with E-state index in [-0.39, 0.29) is 18.3 Å². The molecule has 0 spiro atoms. The normalized spacial score (nSPS) is 16.2. The summed E-state index contributed by atoms with van der Waals surface area (Å²) in [7, 11) is 0. The van der Waals surface area contributed by atoms with Gasteiger partial charge in [-0.3, -0.25) is 10.1 Å². The van der Waals surface area contributed by atoms with Crippen molar-refractivity contribution in [2.45, 2.75) is 19.4 Å². The zero-order valence-corrected chi connectivity index (χ0v) is 14.3. The fraction of sp³-hybridized carbons (Fsp3) is 0.412. The molecule has 2 heterocycles. The number of hydrogen-bond acceptors (Lipinski definition) is 4. The maximum atomic E-state index is 12.7. The predicted octanol–water partition coefficient (Wildman–Crippen LogP) is 2.05. The summed E-state index contributed by atoms with van der Waals surface area (Å²) in [6, 6.07) is 10.1.